The molecule has 1 rings (SSSR count). The predicted octanol–water partition coefficient (Wildman–Crippen LogP) is 0.453. The molecule has 0 radical (unpaired) electrons. The molecule has 1 aromatic rings. The van der Waals surface area contributed by atoms with Crippen LogP contribution in [0.25, 0.3) is 0 Å². The van der Waals surface area contributed by atoms with Crippen LogP contribution < -0.4 is 5.73 Å². The maximum absolute atomic E-state index is 10.9. The highest BCUT2D eigenvalue weighted by Gasteiger charge is 2.28. The molecule has 3 N–H and O–H groups in total. The van der Waals surface area contributed by atoms with E-state index in [-0.39, 0.29) is 0 Å². The van der Waals surface area contributed by atoms with Crippen LogP contribution in [-0.2, 0) is 17.9 Å². The van der Waals surface area contributed by atoms with Crippen molar-refractivity contribution in [3.63, 3.8) is 0 Å². The third-order valence-electron chi connectivity index (χ3n) is 2.13. The highest BCUT2D eigenvalue weighted by atomic mass is 16.4. The van der Waals surface area contributed by atoms with Crippen molar-refractivity contribution in [1.29, 1.82) is 0 Å². The number of hydrogen-bond donors (Lipinski definition) is 2. The van der Waals surface area contributed by atoms with Crippen LogP contribution in [0.4, 0.5) is 0 Å². The van der Waals surface area contributed by atoms with Crippen LogP contribution in [0, 0.1) is 5.41 Å². The molecule has 0 aliphatic rings. The van der Waals surface area contributed by atoms with Gasteiger partial charge in [0.2, 0.25) is 0 Å². The van der Waals surface area contributed by atoms with Crippen LogP contribution in [0.2, 0.25) is 0 Å². The van der Waals surface area contributed by atoms with Crippen molar-refractivity contribution in [2.24, 2.45) is 11.1 Å². The van der Waals surface area contributed by atoms with Crippen LogP contribution in [0.1, 0.15) is 19.7 Å². The normalized spacial score (nSPS) is 11.6. The first-order valence-electron chi connectivity index (χ1n) is 4.41. The van der Waals surface area contributed by atoms with E-state index in [0.717, 1.165) is 0 Å². The zero-order valence-corrected chi connectivity index (χ0v) is 8.40. The van der Waals surface area contributed by atoms with Gasteiger partial charge in [0.25, 0.3) is 0 Å². The number of hydrogen-bond acceptors (Lipinski definition) is 3. The van der Waals surface area contributed by atoms with Gasteiger partial charge in [-0.15, -0.1) is 0 Å². The minimum atomic E-state index is -0.825. The first-order valence-corrected chi connectivity index (χ1v) is 4.41. The summed E-state index contributed by atoms with van der Waals surface area (Å²) in [7, 11) is 0. The van der Waals surface area contributed by atoms with Crippen LogP contribution in [-0.4, -0.2) is 20.6 Å². The highest BCUT2D eigenvalue weighted by Crippen LogP contribution is 2.18. The first-order chi connectivity index (χ1) is 6.47. The van der Waals surface area contributed by atoms with Gasteiger partial charge in [-0.3, -0.25) is 4.79 Å². The lowest BCUT2D eigenvalue weighted by Gasteiger charge is -2.20. The smallest absolute Gasteiger partial charge is 0.310 e. The summed E-state index contributed by atoms with van der Waals surface area (Å²) in [6, 6.07) is 0. The molecule has 0 saturated carbocycles. The van der Waals surface area contributed by atoms with Gasteiger partial charge in [0.05, 0.1) is 12.0 Å². The number of aliphatic carboxylic acids is 1. The zero-order chi connectivity index (χ0) is 10.8. The molecule has 0 unspecified atom stereocenters. The molecule has 5 heteroatoms. The molecule has 78 valence electrons. The van der Waals surface area contributed by atoms with Gasteiger partial charge in [0, 0.05) is 18.9 Å². The molecule has 1 heterocycles. The molecule has 0 aromatic carbocycles. The van der Waals surface area contributed by atoms with Gasteiger partial charge in [0.15, 0.2) is 0 Å². The largest absolute Gasteiger partial charge is 0.481 e. The number of nitrogens with zero attached hydrogens (tertiary/aromatic N) is 2. The molecule has 5 nitrogen and oxygen atoms in total. The first kappa shape index (κ1) is 10.7. The van der Waals surface area contributed by atoms with Crippen molar-refractivity contribution in [2.45, 2.75) is 26.9 Å². The van der Waals surface area contributed by atoms with Crippen molar-refractivity contribution in [1.82, 2.24) is 9.55 Å². The zero-order valence-electron chi connectivity index (χ0n) is 8.40. The van der Waals surface area contributed by atoms with Gasteiger partial charge in [-0.1, -0.05) is 0 Å². The van der Waals surface area contributed by atoms with Crippen molar-refractivity contribution in [3.8, 4) is 0 Å². The summed E-state index contributed by atoms with van der Waals surface area (Å²) in [6.07, 6.45) is 3.37. The van der Waals surface area contributed by atoms with Gasteiger partial charge in [-0.25, -0.2) is 4.98 Å². The van der Waals surface area contributed by atoms with E-state index < -0.39 is 11.4 Å². The second kappa shape index (κ2) is 3.79. The van der Waals surface area contributed by atoms with E-state index in [0.29, 0.717) is 18.9 Å². The molecule has 0 atom stereocenters. The summed E-state index contributed by atoms with van der Waals surface area (Å²) in [6.45, 7) is 4.06. The third kappa shape index (κ3) is 2.11. The Bertz CT molecular complexity index is 331. The molecule has 14 heavy (non-hydrogen) atoms. The van der Waals surface area contributed by atoms with Crippen LogP contribution in [0.3, 0.4) is 0 Å². The summed E-state index contributed by atoms with van der Waals surface area (Å²) in [5, 5.41) is 8.94. The average Bonchev–Trinajstić information content (AvgIpc) is 2.50. The minimum Gasteiger partial charge on any atom is -0.481 e. The van der Waals surface area contributed by atoms with Crippen LogP contribution in [0.5, 0.6) is 0 Å². The van der Waals surface area contributed by atoms with Crippen LogP contribution >= 0.6 is 0 Å². The second-order valence-electron chi connectivity index (χ2n) is 3.86. The number of rotatable bonds is 4. The number of nitrogens with two attached hydrogens (primary N) is 1. The topological polar surface area (TPSA) is 81.1 Å². The summed E-state index contributed by atoms with van der Waals surface area (Å²) < 4.78 is 1.77. The Morgan fingerprint density at radius 2 is 2.36 bits per heavy atom. The Kier molecular flexibility index (Phi) is 2.90. The molecule has 0 aliphatic heterocycles. The molecule has 0 fully saturated rings. The maximum atomic E-state index is 10.9. The van der Waals surface area contributed by atoms with Gasteiger partial charge in [-0.05, 0) is 13.8 Å². The number of aromatic nitrogens is 2. The van der Waals surface area contributed by atoms with Gasteiger partial charge < -0.3 is 15.4 Å². The van der Waals surface area contributed by atoms with Crippen molar-refractivity contribution in [2.75, 3.05) is 0 Å². The van der Waals surface area contributed by atoms with Crippen molar-refractivity contribution >= 4 is 5.97 Å². The van der Waals surface area contributed by atoms with E-state index in [2.05, 4.69) is 4.98 Å². The highest BCUT2D eigenvalue weighted by molar-refractivity contribution is 5.73. The summed E-state index contributed by atoms with van der Waals surface area (Å²) in [5.74, 6) is -0.117. The molecule has 0 saturated heterocycles. The molecule has 0 amide bonds. The standard InChI is InChI=1S/C9H15N3O2/c1-9(2,8(13)14)6-12-4-3-11-7(12)5-10/h3-4H,5-6,10H2,1-2H3,(H,13,14). The predicted molar refractivity (Wildman–Crippen MR) is 51.5 cm³/mol. The summed E-state index contributed by atoms with van der Waals surface area (Å²) >= 11 is 0. The van der Waals surface area contributed by atoms with Crippen molar-refractivity contribution < 1.29 is 9.90 Å². The van der Waals surface area contributed by atoms with E-state index >= 15 is 0 Å². The fraction of sp³-hybridized carbons (Fsp3) is 0.556. The monoisotopic (exact) mass is 197 g/mol. The number of carbonyl (C=O) groups is 1. The van der Waals surface area contributed by atoms with E-state index in [1.807, 2.05) is 0 Å². The molecule has 0 aliphatic carbocycles. The number of imidazole rings is 1. The fourth-order valence-corrected chi connectivity index (χ4v) is 1.17. The Morgan fingerprint density at radius 3 is 2.86 bits per heavy atom. The lowest BCUT2D eigenvalue weighted by atomic mass is 9.94. The minimum absolute atomic E-state index is 0.322. The Hall–Kier alpha value is -1.36. The lowest BCUT2D eigenvalue weighted by Crippen LogP contribution is -2.30. The Balaban J connectivity index is 2.83. The molecular formula is C9H15N3O2. The molecule has 0 spiro atoms. The second-order valence-corrected chi connectivity index (χ2v) is 3.86. The van der Waals surface area contributed by atoms with Gasteiger partial charge in [0.1, 0.15) is 5.82 Å². The summed E-state index contributed by atoms with van der Waals surface area (Å²) in [5.41, 5.74) is 4.66. The fourth-order valence-electron chi connectivity index (χ4n) is 1.17. The van der Waals surface area contributed by atoms with Gasteiger partial charge in [-0.2, -0.15) is 0 Å². The van der Waals surface area contributed by atoms with Gasteiger partial charge >= 0.3 is 5.97 Å². The number of carboxylic acid groups (broad SMARTS) is 1. The Labute approximate surface area is 82.6 Å². The van der Waals surface area contributed by atoms with E-state index in [9.17, 15) is 4.79 Å². The molecule has 0 bridgehead atoms. The van der Waals surface area contributed by atoms with Crippen LogP contribution in [0.15, 0.2) is 12.4 Å². The van der Waals surface area contributed by atoms with E-state index in [1.165, 1.54) is 0 Å². The lowest BCUT2D eigenvalue weighted by molar-refractivity contribution is -0.147. The molecular weight excluding hydrogens is 182 g/mol. The van der Waals surface area contributed by atoms with Crippen molar-refractivity contribution in [3.05, 3.63) is 18.2 Å². The SMILES string of the molecule is CC(C)(Cn1ccnc1CN)C(=O)O. The van der Waals surface area contributed by atoms with E-state index in [1.54, 1.807) is 30.8 Å². The summed E-state index contributed by atoms with van der Waals surface area (Å²) in [4.78, 5) is 14.9. The quantitative estimate of drug-likeness (QED) is 0.734. The van der Waals surface area contributed by atoms with E-state index in [4.69, 9.17) is 10.8 Å². The number of carboxylic acids is 1. The Morgan fingerprint density at radius 1 is 1.71 bits per heavy atom. The molecule has 1 aromatic heterocycles. The third-order valence-corrected chi connectivity index (χ3v) is 2.13. The average molecular weight is 197 g/mol. The maximum Gasteiger partial charge on any atom is 0.310 e.